The lowest BCUT2D eigenvalue weighted by Gasteiger charge is -2.12. The number of benzene rings is 2. The number of nitrogens with one attached hydrogen (secondary N) is 1. The van der Waals surface area contributed by atoms with Crippen molar-refractivity contribution in [3.05, 3.63) is 45.0 Å². The van der Waals surface area contributed by atoms with E-state index in [2.05, 4.69) is 27.3 Å². The molecule has 1 aliphatic rings. The van der Waals surface area contributed by atoms with Crippen molar-refractivity contribution in [2.24, 2.45) is 0 Å². The molecule has 1 N–H and O–H groups in total. The smallest absolute Gasteiger partial charge is 0.240 e. The predicted octanol–water partition coefficient (Wildman–Crippen LogP) is 2.86. The van der Waals surface area contributed by atoms with Crippen LogP contribution in [-0.4, -0.2) is 28.9 Å². The Balaban J connectivity index is 1.73. The minimum Gasteiger partial charge on any atom is -0.492 e. The molecule has 0 spiro atoms. The standard InChI is InChI=1S/C17H18INO5S/c1-11-3-5-13(6-4-11)25(20,21)19-8-7-12-9-14-16(24-10-23-14)17(22-2)15(12)18/h3-6,9,19H,7-8,10H2,1-2H3. The third kappa shape index (κ3) is 3.85. The van der Waals surface area contributed by atoms with E-state index in [-0.39, 0.29) is 18.2 Å². The summed E-state index contributed by atoms with van der Waals surface area (Å²) in [5.41, 5.74) is 1.95. The maximum Gasteiger partial charge on any atom is 0.240 e. The number of halogens is 1. The van der Waals surface area contributed by atoms with E-state index in [0.29, 0.717) is 23.7 Å². The van der Waals surface area contributed by atoms with Gasteiger partial charge in [-0.1, -0.05) is 17.7 Å². The average Bonchev–Trinajstić information content (AvgIpc) is 3.03. The van der Waals surface area contributed by atoms with Gasteiger partial charge in [0.1, 0.15) is 0 Å². The largest absolute Gasteiger partial charge is 0.492 e. The average molecular weight is 475 g/mol. The van der Waals surface area contributed by atoms with E-state index in [1.54, 1.807) is 31.4 Å². The summed E-state index contributed by atoms with van der Waals surface area (Å²) in [5, 5.41) is 0. The molecule has 0 fully saturated rings. The molecule has 0 bridgehead atoms. The van der Waals surface area contributed by atoms with Crippen molar-refractivity contribution in [2.45, 2.75) is 18.2 Å². The first-order chi connectivity index (χ1) is 11.9. The van der Waals surface area contributed by atoms with Gasteiger partial charge in [-0.15, -0.1) is 0 Å². The van der Waals surface area contributed by atoms with Crippen LogP contribution in [0.2, 0.25) is 0 Å². The number of hydrogen-bond donors (Lipinski definition) is 1. The van der Waals surface area contributed by atoms with Gasteiger partial charge in [0, 0.05) is 6.54 Å². The highest BCUT2D eigenvalue weighted by atomic mass is 127. The Labute approximate surface area is 160 Å². The summed E-state index contributed by atoms with van der Waals surface area (Å²) in [6.07, 6.45) is 0.510. The van der Waals surface area contributed by atoms with Gasteiger partial charge in [-0.2, -0.15) is 0 Å². The SMILES string of the molecule is COc1c(I)c(CCNS(=O)(=O)c2ccc(C)cc2)cc2c1OCO2. The zero-order valence-corrected chi connectivity index (χ0v) is 16.8. The number of rotatable bonds is 6. The van der Waals surface area contributed by atoms with Gasteiger partial charge < -0.3 is 14.2 Å². The van der Waals surface area contributed by atoms with Crippen LogP contribution in [0.5, 0.6) is 17.2 Å². The van der Waals surface area contributed by atoms with E-state index in [9.17, 15) is 8.42 Å². The molecule has 0 radical (unpaired) electrons. The van der Waals surface area contributed by atoms with Crippen LogP contribution in [0.15, 0.2) is 35.2 Å². The lowest BCUT2D eigenvalue weighted by Crippen LogP contribution is -2.26. The lowest BCUT2D eigenvalue weighted by atomic mass is 10.1. The van der Waals surface area contributed by atoms with E-state index < -0.39 is 10.0 Å². The summed E-state index contributed by atoms with van der Waals surface area (Å²) in [6, 6.07) is 8.63. The molecule has 1 aliphatic heterocycles. The quantitative estimate of drug-likeness (QED) is 0.651. The first kappa shape index (κ1) is 18.3. The summed E-state index contributed by atoms with van der Waals surface area (Å²) < 4.78 is 44.5. The summed E-state index contributed by atoms with van der Waals surface area (Å²) >= 11 is 2.17. The molecule has 3 rings (SSSR count). The van der Waals surface area contributed by atoms with E-state index in [0.717, 1.165) is 14.7 Å². The van der Waals surface area contributed by atoms with Gasteiger partial charge in [0.2, 0.25) is 22.6 Å². The van der Waals surface area contributed by atoms with Crippen molar-refractivity contribution in [1.82, 2.24) is 4.72 Å². The summed E-state index contributed by atoms with van der Waals surface area (Å²) in [6.45, 7) is 2.35. The van der Waals surface area contributed by atoms with Gasteiger partial charge in [0.05, 0.1) is 15.6 Å². The van der Waals surface area contributed by atoms with E-state index in [4.69, 9.17) is 14.2 Å². The predicted molar refractivity (Wildman–Crippen MR) is 102 cm³/mol. The van der Waals surface area contributed by atoms with Crippen LogP contribution in [0.4, 0.5) is 0 Å². The Morgan fingerprint density at radius 2 is 1.96 bits per heavy atom. The zero-order valence-electron chi connectivity index (χ0n) is 13.8. The van der Waals surface area contributed by atoms with Gasteiger partial charge in [-0.25, -0.2) is 13.1 Å². The molecule has 0 atom stereocenters. The van der Waals surface area contributed by atoms with Crippen LogP contribution in [0.25, 0.3) is 0 Å². The van der Waals surface area contributed by atoms with Gasteiger partial charge in [-0.3, -0.25) is 0 Å². The molecule has 2 aromatic rings. The number of sulfonamides is 1. The Hall–Kier alpha value is -1.52. The summed E-state index contributed by atoms with van der Waals surface area (Å²) in [7, 11) is -1.95. The van der Waals surface area contributed by atoms with Crippen molar-refractivity contribution in [2.75, 3.05) is 20.4 Å². The highest BCUT2D eigenvalue weighted by Gasteiger charge is 2.24. The zero-order chi connectivity index (χ0) is 18.0. The first-order valence-electron chi connectivity index (χ1n) is 7.63. The lowest BCUT2D eigenvalue weighted by molar-refractivity contribution is 0.171. The fourth-order valence-electron chi connectivity index (χ4n) is 2.53. The molecule has 0 aliphatic carbocycles. The molecule has 2 aromatic carbocycles. The molecule has 8 heteroatoms. The molecule has 0 unspecified atom stereocenters. The Kier molecular flexibility index (Phi) is 5.40. The van der Waals surface area contributed by atoms with Crippen molar-refractivity contribution in [3.8, 4) is 17.2 Å². The normalized spacial score (nSPS) is 13.1. The van der Waals surface area contributed by atoms with Crippen molar-refractivity contribution in [3.63, 3.8) is 0 Å². The second-order valence-electron chi connectivity index (χ2n) is 5.58. The van der Waals surface area contributed by atoms with Crippen LogP contribution >= 0.6 is 22.6 Å². The van der Waals surface area contributed by atoms with E-state index in [1.807, 2.05) is 13.0 Å². The molecule has 1 heterocycles. The van der Waals surface area contributed by atoms with Gasteiger partial charge >= 0.3 is 0 Å². The molecular formula is C17H18INO5S. The Morgan fingerprint density at radius 3 is 2.64 bits per heavy atom. The third-order valence-corrected chi connectivity index (χ3v) is 6.52. The van der Waals surface area contributed by atoms with Crippen LogP contribution in [0.1, 0.15) is 11.1 Å². The summed E-state index contributed by atoms with van der Waals surface area (Å²) in [4.78, 5) is 0.260. The minimum atomic E-state index is -3.53. The van der Waals surface area contributed by atoms with E-state index >= 15 is 0 Å². The van der Waals surface area contributed by atoms with Crippen molar-refractivity contribution in [1.29, 1.82) is 0 Å². The number of ether oxygens (including phenoxy) is 3. The van der Waals surface area contributed by atoms with Crippen LogP contribution in [-0.2, 0) is 16.4 Å². The number of fused-ring (bicyclic) bond motifs is 1. The molecular weight excluding hydrogens is 457 g/mol. The molecule has 6 nitrogen and oxygen atoms in total. The summed E-state index contributed by atoms with van der Waals surface area (Å²) in [5.74, 6) is 1.83. The van der Waals surface area contributed by atoms with Crippen molar-refractivity contribution >= 4 is 32.6 Å². The highest BCUT2D eigenvalue weighted by Crippen LogP contribution is 2.45. The second-order valence-corrected chi connectivity index (χ2v) is 8.42. The van der Waals surface area contributed by atoms with Crippen molar-refractivity contribution < 1.29 is 22.6 Å². The van der Waals surface area contributed by atoms with Gasteiger partial charge in [0.15, 0.2) is 11.5 Å². The fraction of sp³-hybridized carbons (Fsp3) is 0.294. The molecule has 134 valence electrons. The van der Waals surface area contributed by atoms with Crippen LogP contribution in [0.3, 0.4) is 0 Å². The topological polar surface area (TPSA) is 73.9 Å². The molecule has 25 heavy (non-hydrogen) atoms. The second kappa shape index (κ2) is 7.38. The fourth-order valence-corrected chi connectivity index (χ4v) is 4.45. The maximum atomic E-state index is 12.3. The highest BCUT2D eigenvalue weighted by molar-refractivity contribution is 14.1. The third-order valence-electron chi connectivity index (χ3n) is 3.86. The van der Waals surface area contributed by atoms with Gasteiger partial charge in [0.25, 0.3) is 0 Å². The monoisotopic (exact) mass is 475 g/mol. The first-order valence-corrected chi connectivity index (χ1v) is 10.2. The Bertz CT molecular complexity index is 881. The minimum absolute atomic E-state index is 0.158. The van der Waals surface area contributed by atoms with Gasteiger partial charge in [-0.05, 0) is 59.7 Å². The van der Waals surface area contributed by atoms with Crippen LogP contribution in [0, 0.1) is 10.5 Å². The maximum absolute atomic E-state index is 12.3. The molecule has 0 saturated heterocycles. The number of hydrogen-bond acceptors (Lipinski definition) is 5. The molecule has 0 saturated carbocycles. The van der Waals surface area contributed by atoms with Crippen LogP contribution < -0.4 is 18.9 Å². The molecule has 0 amide bonds. The number of methoxy groups -OCH3 is 1. The van der Waals surface area contributed by atoms with E-state index in [1.165, 1.54) is 0 Å². The Morgan fingerprint density at radius 1 is 1.24 bits per heavy atom. The number of aryl methyl sites for hydroxylation is 1. The molecule has 0 aromatic heterocycles.